The quantitative estimate of drug-likeness (QED) is 0.874. The number of nitrogens with zero attached hydrogens (tertiary/aromatic N) is 1. The van der Waals surface area contributed by atoms with E-state index in [1.165, 1.54) is 0 Å². The highest BCUT2D eigenvalue weighted by atomic mass is 127. The zero-order valence-electron chi connectivity index (χ0n) is 9.43. The minimum atomic E-state index is -0.265. The molecule has 17 heavy (non-hydrogen) atoms. The van der Waals surface area contributed by atoms with E-state index in [-0.39, 0.29) is 6.04 Å². The zero-order valence-corrected chi connectivity index (χ0v) is 11.6. The molecule has 2 aromatic rings. The second kappa shape index (κ2) is 5.46. The average molecular weight is 340 g/mol. The predicted octanol–water partition coefficient (Wildman–Crippen LogP) is 2.74. The molecule has 2 N–H and O–H groups in total. The van der Waals surface area contributed by atoms with Crippen LogP contribution in [0.1, 0.15) is 17.3 Å². The van der Waals surface area contributed by atoms with Crippen LogP contribution in [0.3, 0.4) is 0 Å². The second-order valence-electron chi connectivity index (χ2n) is 3.59. The van der Waals surface area contributed by atoms with Crippen molar-refractivity contribution in [2.75, 3.05) is 7.11 Å². The molecule has 0 saturated carbocycles. The molecule has 0 aliphatic rings. The number of hydrogen-bond acceptors (Lipinski definition) is 3. The van der Waals surface area contributed by atoms with Crippen LogP contribution in [-0.4, -0.2) is 12.1 Å². The van der Waals surface area contributed by atoms with Gasteiger partial charge in [-0.3, -0.25) is 4.98 Å². The van der Waals surface area contributed by atoms with Crippen LogP contribution < -0.4 is 10.5 Å². The first-order chi connectivity index (χ1) is 8.24. The lowest BCUT2D eigenvalue weighted by Crippen LogP contribution is -2.15. The summed E-state index contributed by atoms with van der Waals surface area (Å²) in [6.45, 7) is 0. The normalized spacial score (nSPS) is 12.2. The smallest absolute Gasteiger partial charge is 0.142 e. The fraction of sp³-hybridized carbons (Fsp3) is 0.154. The van der Waals surface area contributed by atoms with Crippen molar-refractivity contribution < 1.29 is 4.74 Å². The van der Waals surface area contributed by atoms with E-state index < -0.39 is 0 Å². The molecular formula is C13H13IN2O. The van der Waals surface area contributed by atoms with E-state index in [1.54, 1.807) is 13.3 Å². The van der Waals surface area contributed by atoms with Crippen molar-refractivity contribution in [1.82, 2.24) is 4.98 Å². The Morgan fingerprint density at radius 3 is 2.71 bits per heavy atom. The summed E-state index contributed by atoms with van der Waals surface area (Å²) in [6, 6.07) is 11.5. The van der Waals surface area contributed by atoms with E-state index in [2.05, 4.69) is 27.6 Å². The van der Waals surface area contributed by atoms with Gasteiger partial charge in [-0.25, -0.2) is 0 Å². The van der Waals surface area contributed by atoms with Crippen LogP contribution in [0.5, 0.6) is 5.75 Å². The molecule has 88 valence electrons. The molecule has 0 amide bonds. The Labute approximate surface area is 114 Å². The van der Waals surface area contributed by atoms with Gasteiger partial charge in [0.05, 0.1) is 13.2 Å². The van der Waals surface area contributed by atoms with E-state index in [1.807, 2.05) is 36.4 Å². The number of methoxy groups -OCH3 is 1. The molecule has 0 spiro atoms. The van der Waals surface area contributed by atoms with Gasteiger partial charge in [0, 0.05) is 9.77 Å². The minimum Gasteiger partial charge on any atom is -0.495 e. The first-order valence-electron chi connectivity index (χ1n) is 5.23. The first-order valence-corrected chi connectivity index (χ1v) is 6.31. The molecule has 1 heterocycles. The summed E-state index contributed by atoms with van der Waals surface area (Å²) in [4.78, 5) is 4.31. The maximum absolute atomic E-state index is 6.25. The van der Waals surface area contributed by atoms with Crippen LogP contribution in [0.15, 0.2) is 42.6 Å². The van der Waals surface area contributed by atoms with E-state index in [0.717, 1.165) is 20.6 Å². The Hall–Kier alpha value is -1.14. The Balaban J connectivity index is 2.44. The Morgan fingerprint density at radius 2 is 2.00 bits per heavy atom. The molecule has 0 aliphatic heterocycles. The number of benzene rings is 1. The van der Waals surface area contributed by atoms with Gasteiger partial charge in [0.15, 0.2) is 0 Å². The summed E-state index contributed by atoms with van der Waals surface area (Å²) in [5.41, 5.74) is 8.07. The molecule has 1 unspecified atom stereocenters. The zero-order chi connectivity index (χ0) is 12.3. The topological polar surface area (TPSA) is 48.1 Å². The van der Waals surface area contributed by atoms with Gasteiger partial charge in [-0.1, -0.05) is 18.2 Å². The SMILES string of the molecule is COc1cccnc1C(N)c1ccccc1I. The van der Waals surface area contributed by atoms with E-state index in [0.29, 0.717) is 0 Å². The summed E-state index contributed by atoms with van der Waals surface area (Å²) in [5.74, 6) is 0.722. The van der Waals surface area contributed by atoms with Gasteiger partial charge in [0.25, 0.3) is 0 Å². The lowest BCUT2D eigenvalue weighted by molar-refractivity contribution is 0.404. The Morgan fingerprint density at radius 1 is 1.24 bits per heavy atom. The fourth-order valence-corrected chi connectivity index (χ4v) is 2.41. The van der Waals surface area contributed by atoms with Gasteiger partial charge in [-0.15, -0.1) is 0 Å². The van der Waals surface area contributed by atoms with Crippen LogP contribution in [0.4, 0.5) is 0 Å². The first kappa shape index (κ1) is 12.3. The highest BCUT2D eigenvalue weighted by molar-refractivity contribution is 14.1. The van der Waals surface area contributed by atoms with Crippen LogP contribution in [0, 0.1) is 3.57 Å². The monoisotopic (exact) mass is 340 g/mol. The molecule has 0 fully saturated rings. The average Bonchev–Trinajstić information content (AvgIpc) is 2.38. The third kappa shape index (κ3) is 2.58. The molecule has 1 atom stereocenters. The number of ether oxygens (including phenoxy) is 1. The van der Waals surface area contributed by atoms with Crippen LogP contribution in [-0.2, 0) is 0 Å². The molecule has 0 bridgehead atoms. The number of rotatable bonds is 3. The summed E-state index contributed by atoms with van der Waals surface area (Å²) in [7, 11) is 1.63. The standard InChI is InChI=1S/C13H13IN2O/c1-17-11-7-4-8-16-13(11)12(15)9-5-2-3-6-10(9)14/h2-8,12H,15H2,1H3. The Kier molecular flexibility index (Phi) is 3.96. The van der Waals surface area contributed by atoms with E-state index in [4.69, 9.17) is 10.5 Å². The summed E-state index contributed by atoms with van der Waals surface area (Å²) in [6.07, 6.45) is 1.73. The van der Waals surface area contributed by atoms with Crippen molar-refractivity contribution in [3.05, 3.63) is 57.4 Å². The minimum absolute atomic E-state index is 0.265. The third-order valence-corrected chi connectivity index (χ3v) is 3.54. The van der Waals surface area contributed by atoms with Crippen molar-refractivity contribution in [3.63, 3.8) is 0 Å². The summed E-state index contributed by atoms with van der Waals surface area (Å²) in [5, 5.41) is 0. The molecule has 1 aromatic heterocycles. The fourth-order valence-electron chi connectivity index (χ4n) is 1.68. The molecule has 0 radical (unpaired) electrons. The highest BCUT2D eigenvalue weighted by Gasteiger charge is 2.16. The number of aromatic nitrogens is 1. The highest BCUT2D eigenvalue weighted by Crippen LogP contribution is 2.28. The molecule has 1 aromatic carbocycles. The third-order valence-electron chi connectivity index (χ3n) is 2.55. The van der Waals surface area contributed by atoms with Gasteiger partial charge in [0.1, 0.15) is 11.4 Å². The molecule has 0 aliphatic carbocycles. The largest absolute Gasteiger partial charge is 0.495 e. The van der Waals surface area contributed by atoms with Gasteiger partial charge >= 0.3 is 0 Å². The van der Waals surface area contributed by atoms with Gasteiger partial charge in [-0.2, -0.15) is 0 Å². The van der Waals surface area contributed by atoms with Crippen LogP contribution in [0.2, 0.25) is 0 Å². The van der Waals surface area contributed by atoms with Gasteiger partial charge < -0.3 is 10.5 Å². The van der Waals surface area contributed by atoms with Crippen molar-refractivity contribution >= 4 is 22.6 Å². The number of nitrogens with two attached hydrogens (primary N) is 1. The number of halogens is 1. The molecule has 3 nitrogen and oxygen atoms in total. The lowest BCUT2D eigenvalue weighted by atomic mass is 10.0. The number of pyridine rings is 1. The molecule has 0 saturated heterocycles. The second-order valence-corrected chi connectivity index (χ2v) is 4.75. The van der Waals surface area contributed by atoms with Gasteiger partial charge in [-0.05, 0) is 46.4 Å². The summed E-state index contributed by atoms with van der Waals surface area (Å²) >= 11 is 2.28. The van der Waals surface area contributed by atoms with E-state index in [9.17, 15) is 0 Å². The number of hydrogen-bond donors (Lipinski definition) is 1. The van der Waals surface area contributed by atoms with Crippen LogP contribution in [0.25, 0.3) is 0 Å². The molecular weight excluding hydrogens is 327 g/mol. The lowest BCUT2D eigenvalue weighted by Gasteiger charge is -2.15. The van der Waals surface area contributed by atoms with Crippen LogP contribution >= 0.6 is 22.6 Å². The Bertz CT molecular complexity index is 516. The molecule has 4 heteroatoms. The maximum Gasteiger partial charge on any atom is 0.142 e. The van der Waals surface area contributed by atoms with Crippen molar-refractivity contribution in [2.24, 2.45) is 5.73 Å². The van der Waals surface area contributed by atoms with Crippen molar-refractivity contribution in [1.29, 1.82) is 0 Å². The maximum atomic E-state index is 6.25. The van der Waals surface area contributed by atoms with Crippen molar-refractivity contribution in [2.45, 2.75) is 6.04 Å². The van der Waals surface area contributed by atoms with Gasteiger partial charge in [0.2, 0.25) is 0 Å². The summed E-state index contributed by atoms with van der Waals surface area (Å²) < 4.78 is 6.41. The molecule has 2 rings (SSSR count). The predicted molar refractivity (Wildman–Crippen MR) is 76.0 cm³/mol. The van der Waals surface area contributed by atoms with E-state index >= 15 is 0 Å². The van der Waals surface area contributed by atoms with Crippen molar-refractivity contribution in [3.8, 4) is 5.75 Å².